The van der Waals surface area contributed by atoms with Crippen LogP contribution in [0.4, 0.5) is 10.8 Å². The van der Waals surface area contributed by atoms with Crippen molar-refractivity contribution in [2.45, 2.75) is 13.0 Å². The number of para-hydroxylation sites is 2. The number of piperazine rings is 1. The number of rotatable bonds is 5. The summed E-state index contributed by atoms with van der Waals surface area (Å²) in [4.78, 5) is 21.4. The standard InChI is InChI=1S/C17H22N4O2S/c1-13(16(22)19-14-5-3-4-6-15(14)23-2)20-8-10-21(11-9-20)17-18-7-12-24-17/h3-7,12-13H,8-11H2,1-2H3,(H,19,22)/t13-/m0/s1. The van der Waals surface area contributed by atoms with Gasteiger partial charge in [0.2, 0.25) is 5.91 Å². The molecule has 1 aliphatic heterocycles. The fraction of sp³-hybridized carbons (Fsp3) is 0.412. The summed E-state index contributed by atoms with van der Waals surface area (Å²) < 4.78 is 5.29. The van der Waals surface area contributed by atoms with E-state index in [0.717, 1.165) is 31.3 Å². The number of benzene rings is 1. The molecule has 6 nitrogen and oxygen atoms in total. The maximum Gasteiger partial charge on any atom is 0.241 e. The Hall–Kier alpha value is -2.12. The second-order valence-corrected chi connectivity index (χ2v) is 6.58. The third kappa shape index (κ3) is 3.68. The molecule has 1 saturated heterocycles. The molecule has 1 N–H and O–H groups in total. The van der Waals surface area contributed by atoms with Crippen molar-refractivity contribution in [3.05, 3.63) is 35.8 Å². The molecule has 0 unspecified atom stereocenters. The first-order valence-corrected chi connectivity index (χ1v) is 8.89. The Balaban J connectivity index is 1.56. The average Bonchev–Trinajstić information content (AvgIpc) is 3.16. The van der Waals surface area contributed by atoms with E-state index in [1.807, 2.05) is 42.8 Å². The van der Waals surface area contributed by atoms with Gasteiger partial charge in [-0.05, 0) is 19.1 Å². The summed E-state index contributed by atoms with van der Waals surface area (Å²) in [6.45, 7) is 5.42. The lowest BCUT2D eigenvalue weighted by atomic mass is 10.2. The number of thiazole rings is 1. The number of nitrogens with one attached hydrogen (secondary N) is 1. The number of carbonyl (C=O) groups is 1. The fourth-order valence-corrected chi connectivity index (χ4v) is 3.52. The summed E-state index contributed by atoms with van der Waals surface area (Å²) in [6, 6.07) is 7.27. The Labute approximate surface area is 146 Å². The van der Waals surface area contributed by atoms with E-state index in [4.69, 9.17) is 4.74 Å². The minimum Gasteiger partial charge on any atom is -0.495 e. The molecular weight excluding hydrogens is 324 g/mol. The van der Waals surface area contributed by atoms with Crippen LogP contribution in [0.15, 0.2) is 35.8 Å². The van der Waals surface area contributed by atoms with Gasteiger partial charge < -0.3 is 15.0 Å². The third-order valence-corrected chi connectivity index (χ3v) is 5.13. The SMILES string of the molecule is COc1ccccc1NC(=O)[C@H](C)N1CCN(c2nccs2)CC1. The zero-order valence-electron chi connectivity index (χ0n) is 13.9. The predicted molar refractivity (Wildman–Crippen MR) is 97.0 cm³/mol. The lowest BCUT2D eigenvalue weighted by Gasteiger charge is -2.37. The van der Waals surface area contributed by atoms with Crippen LogP contribution < -0.4 is 15.0 Å². The van der Waals surface area contributed by atoms with Crippen LogP contribution in [0, 0.1) is 0 Å². The second kappa shape index (κ2) is 7.63. The summed E-state index contributed by atoms with van der Waals surface area (Å²) in [5.41, 5.74) is 0.707. The Kier molecular flexibility index (Phi) is 5.32. The predicted octanol–water partition coefficient (Wildman–Crippen LogP) is 2.30. The highest BCUT2D eigenvalue weighted by atomic mass is 32.1. The Morgan fingerprint density at radius 3 is 2.71 bits per heavy atom. The minimum atomic E-state index is -0.187. The van der Waals surface area contributed by atoms with Crippen molar-refractivity contribution >= 4 is 28.1 Å². The molecule has 1 amide bonds. The molecule has 3 rings (SSSR count). The van der Waals surface area contributed by atoms with E-state index < -0.39 is 0 Å². The largest absolute Gasteiger partial charge is 0.495 e. The number of ether oxygens (including phenoxy) is 1. The van der Waals surface area contributed by atoms with Crippen molar-refractivity contribution in [2.75, 3.05) is 43.5 Å². The molecule has 1 fully saturated rings. The molecule has 0 aliphatic carbocycles. The van der Waals surface area contributed by atoms with E-state index >= 15 is 0 Å². The molecule has 2 aromatic rings. The van der Waals surface area contributed by atoms with E-state index in [0.29, 0.717) is 11.4 Å². The number of hydrogen-bond acceptors (Lipinski definition) is 6. The molecule has 0 saturated carbocycles. The van der Waals surface area contributed by atoms with Gasteiger partial charge in [-0.1, -0.05) is 12.1 Å². The molecule has 1 aromatic carbocycles. The molecule has 1 aliphatic rings. The van der Waals surface area contributed by atoms with E-state index in [2.05, 4.69) is 20.1 Å². The highest BCUT2D eigenvalue weighted by molar-refractivity contribution is 7.13. The molecule has 128 valence electrons. The summed E-state index contributed by atoms with van der Waals surface area (Å²) in [6.07, 6.45) is 1.83. The van der Waals surface area contributed by atoms with Gasteiger partial charge in [-0.3, -0.25) is 9.69 Å². The minimum absolute atomic E-state index is 0.0119. The molecule has 24 heavy (non-hydrogen) atoms. The molecule has 0 spiro atoms. The lowest BCUT2D eigenvalue weighted by Crippen LogP contribution is -2.52. The monoisotopic (exact) mass is 346 g/mol. The van der Waals surface area contributed by atoms with E-state index in [1.165, 1.54) is 0 Å². The van der Waals surface area contributed by atoms with Gasteiger partial charge in [0.25, 0.3) is 0 Å². The van der Waals surface area contributed by atoms with Gasteiger partial charge in [-0.2, -0.15) is 0 Å². The number of nitrogens with zero attached hydrogens (tertiary/aromatic N) is 3. The van der Waals surface area contributed by atoms with Crippen LogP contribution in [0.3, 0.4) is 0 Å². The van der Waals surface area contributed by atoms with Crippen LogP contribution in [0.25, 0.3) is 0 Å². The molecule has 7 heteroatoms. The Morgan fingerprint density at radius 1 is 1.29 bits per heavy atom. The van der Waals surface area contributed by atoms with Crippen molar-refractivity contribution in [1.29, 1.82) is 0 Å². The number of anilines is 2. The molecule has 1 aromatic heterocycles. The number of aromatic nitrogens is 1. The molecule has 0 radical (unpaired) electrons. The fourth-order valence-electron chi connectivity index (χ4n) is 2.82. The number of methoxy groups -OCH3 is 1. The Morgan fingerprint density at radius 2 is 2.04 bits per heavy atom. The first-order valence-electron chi connectivity index (χ1n) is 8.01. The first kappa shape index (κ1) is 16.7. The molecule has 0 bridgehead atoms. The van der Waals surface area contributed by atoms with Crippen molar-refractivity contribution in [2.24, 2.45) is 0 Å². The first-order chi connectivity index (χ1) is 11.7. The number of amides is 1. The van der Waals surface area contributed by atoms with Crippen LogP contribution in [0.1, 0.15) is 6.92 Å². The average molecular weight is 346 g/mol. The van der Waals surface area contributed by atoms with Crippen LogP contribution in [-0.2, 0) is 4.79 Å². The molecule has 1 atom stereocenters. The van der Waals surface area contributed by atoms with E-state index in [1.54, 1.807) is 18.4 Å². The highest BCUT2D eigenvalue weighted by Gasteiger charge is 2.26. The van der Waals surface area contributed by atoms with Crippen LogP contribution in [0.5, 0.6) is 5.75 Å². The van der Waals surface area contributed by atoms with Gasteiger partial charge in [0.15, 0.2) is 5.13 Å². The Bertz CT molecular complexity index is 669. The van der Waals surface area contributed by atoms with Gasteiger partial charge in [0.1, 0.15) is 5.75 Å². The van der Waals surface area contributed by atoms with Crippen molar-refractivity contribution in [3.8, 4) is 5.75 Å². The van der Waals surface area contributed by atoms with Crippen LogP contribution >= 0.6 is 11.3 Å². The van der Waals surface area contributed by atoms with Crippen LogP contribution in [0.2, 0.25) is 0 Å². The van der Waals surface area contributed by atoms with Gasteiger partial charge in [-0.25, -0.2) is 4.98 Å². The summed E-state index contributed by atoms with van der Waals surface area (Å²) in [7, 11) is 1.60. The summed E-state index contributed by atoms with van der Waals surface area (Å²) >= 11 is 1.65. The van der Waals surface area contributed by atoms with Crippen molar-refractivity contribution in [1.82, 2.24) is 9.88 Å². The van der Waals surface area contributed by atoms with Gasteiger partial charge in [0, 0.05) is 37.8 Å². The molecular formula is C17H22N4O2S. The zero-order chi connectivity index (χ0) is 16.9. The quantitative estimate of drug-likeness (QED) is 0.900. The smallest absolute Gasteiger partial charge is 0.241 e. The van der Waals surface area contributed by atoms with Crippen molar-refractivity contribution in [3.63, 3.8) is 0 Å². The maximum absolute atomic E-state index is 12.6. The van der Waals surface area contributed by atoms with Gasteiger partial charge >= 0.3 is 0 Å². The van der Waals surface area contributed by atoms with Crippen molar-refractivity contribution < 1.29 is 9.53 Å². The topological polar surface area (TPSA) is 57.7 Å². The zero-order valence-corrected chi connectivity index (χ0v) is 14.8. The number of carbonyl (C=O) groups excluding carboxylic acids is 1. The normalized spacial score (nSPS) is 16.7. The lowest BCUT2D eigenvalue weighted by molar-refractivity contribution is -0.120. The number of hydrogen-bond donors (Lipinski definition) is 1. The highest BCUT2D eigenvalue weighted by Crippen LogP contribution is 2.24. The summed E-state index contributed by atoms with van der Waals surface area (Å²) in [5, 5.41) is 6.02. The second-order valence-electron chi connectivity index (χ2n) is 5.70. The summed E-state index contributed by atoms with van der Waals surface area (Å²) in [5.74, 6) is 0.661. The van der Waals surface area contributed by atoms with E-state index in [9.17, 15) is 4.79 Å². The van der Waals surface area contributed by atoms with Crippen LogP contribution in [-0.4, -0.2) is 55.1 Å². The third-order valence-electron chi connectivity index (χ3n) is 4.30. The van der Waals surface area contributed by atoms with E-state index in [-0.39, 0.29) is 11.9 Å². The van der Waals surface area contributed by atoms with Gasteiger partial charge in [-0.15, -0.1) is 11.3 Å². The van der Waals surface area contributed by atoms with Gasteiger partial charge in [0.05, 0.1) is 18.8 Å². The molecule has 2 heterocycles. The maximum atomic E-state index is 12.6.